The Morgan fingerprint density at radius 3 is 2.72 bits per heavy atom. The van der Waals surface area contributed by atoms with E-state index in [0.29, 0.717) is 5.69 Å². The van der Waals surface area contributed by atoms with Gasteiger partial charge in [0, 0.05) is 18.7 Å². The number of hydrogen-bond acceptors (Lipinski definition) is 4. The molecule has 0 bridgehead atoms. The Morgan fingerprint density at radius 1 is 1.16 bits per heavy atom. The number of hydrogen-bond donors (Lipinski definition) is 3. The van der Waals surface area contributed by atoms with Crippen LogP contribution in [0.25, 0.3) is 11.0 Å². The van der Waals surface area contributed by atoms with Gasteiger partial charge < -0.3 is 20.9 Å². The van der Waals surface area contributed by atoms with E-state index in [1.807, 2.05) is 18.2 Å². The van der Waals surface area contributed by atoms with E-state index in [1.54, 1.807) is 0 Å². The van der Waals surface area contributed by atoms with Crippen LogP contribution in [0.3, 0.4) is 0 Å². The molecule has 0 spiro atoms. The molecule has 9 heteroatoms. The summed E-state index contributed by atoms with van der Waals surface area (Å²) in [6.45, 7) is 0.788. The number of amides is 2. The first-order valence-electron chi connectivity index (χ1n) is 7.93. The van der Waals surface area contributed by atoms with Gasteiger partial charge in [-0.3, -0.25) is 9.59 Å². The molecular formula is C16H23Cl2N5O2. The quantitative estimate of drug-likeness (QED) is 0.741. The maximum Gasteiger partial charge on any atom is 0.243 e. The summed E-state index contributed by atoms with van der Waals surface area (Å²) >= 11 is 0. The van der Waals surface area contributed by atoms with Crippen molar-refractivity contribution >= 4 is 53.3 Å². The molecule has 25 heavy (non-hydrogen) atoms. The molecule has 0 aliphatic carbocycles. The zero-order valence-corrected chi connectivity index (χ0v) is 15.4. The number of aromatic nitrogens is 2. The van der Waals surface area contributed by atoms with Crippen LogP contribution in [-0.4, -0.2) is 34.5 Å². The molecule has 4 N–H and O–H groups in total. The maximum absolute atomic E-state index is 11.8. The minimum Gasteiger partial charge on any atom is -0.346 e. The fourth-order valence-electron chi connectivity index (χ4n) is 2.88. The summed E-state index contributed by atoms with van der Waals surface area (Å²) in [7, 11) is 0. The van der Waals surface area contributed by atoms with Crippen LogP contribution in [0.1, 0.15) is 25.1 Å². The molecule has 0 unspecified atom stereocenters. The predicted octanol–water partition coefficient (Wildman–Crippen LogP) is 1.62. The minimum atomic E-state index is -0.353. The van der Waals surface area contributed by atoms with Gasteiger partial charge in [0.2, 0.25) is 11.8 Å². The average molecular weight is 388 g/mol. The fraction of sp³-hybridized carbons (Fsp3) is 0.438. The van der Waals surface area contributed by atoms with E-state index in [4.69, 9.17) is 10.7 Å². The molecule has 0 radical (unpaired) electrons. The first-order chi connectivity index (χ1) is 11.2. The van der Waals surface area contributed by atoms with Crippen molar-refractivity contribution in [2.24, 2.45) is 5.73 Å². The van der Waals surface area contributed by atoms with E-state index >= 15 is 0 Å². The summed E-state index contributed by atoms with van der Waals surface area (Å²) in [4.78, 5) is 27.6. The predicted molar refractivity (Wildman–Crippen MR) is 102 cm³/mol. The number of anilines is 1. The molecule has 0 atom stereocenters. The Bertz CT molecular complexity index is 747. The summed E-state index contributed by atoms with van der Waals surface area (Å²) in [6, 6.07) is 5.73. The van der Waals surface area contributed by atoms with Gasteiger partial charge in [-0.2, -0.15) is 0 Å². The Kier molecular flexibility index (Phi) is 8.15. The van der Waals surface area contributed by atoms with E-state index in [9.17, 15) is 9.59 Å². The van der Waals surface area contributed by atoms with Gasteiger partial charge in [-0.15, -0.1) is 24.8 Å². The lowest BCUT2D eigenvalue weighted by Crippen LogP contribution is -2.36. The van der Waals surface area contributed by atoms with E-state index < -0.39 is 0 Å². The van der Waals surface area contributed by atoms with E-state index in [2.05, 4.69) is 15.2 Å². The average Bonchev–Trinajstić information content (AvgIpc) is 2.73. The Morgan fingerprint density at radius 2 is 1.96 bits per heavy atom. The zero-order valence-electron chi connectivity index (χ0n) is 13.8. The third-order valence-corrected chi connectivity index (χ3v) is 4.02. The fourth-order valence-corrected chi connectivity index (χ4v) is 2.88. The smallest absolute Gasteiger partial charge is 0.243 e. The van der Waals surface area contributed by atoms with Crippen molar-refractivity contribution in [3.63, 3.8) is 0 Å². The van der Waals surface area contributed by atoms with Gasteiger partial charge >= 0.3 is 0 Å². The topological polar surface area (TPSA) is 102 Å². The molecule has 2 aromatic rings. The number of imidazole rings is 1. The zero-order chi connectivity index (χ0) is 16.2. The van der Waals surface area contributed by atoms with Crippen molar-refractivity contribution in [2.45, 2.75) is 32.2 Å². The highest BCUT2D eigenvalue weighted by Gasteiger charge is 2.14. The number of benzene rings is 1. The lowest BCUT2D eigenvalue weighted by molar-refractivity contribution is -0.123. The van der Waals surface area contributed by atoms with Gasteiger partial charge in [0.15, 0.2) is 0 Å². The molecule has 1 aromatic carbocycles. The Hall–Kier alpha value is -1.83. The molecular weight excluding hydrogens is 365 g/mol. The summed E-state index contributed by atoms with van der Waals surface area (Å²) < 4.78 is 2.27. The monoisotopic (exact) mass is 387 g/mol. The van der Waals surface area contributed by atoms with E-state index in [0.717, 1.165) is 29.8 Å². The number of fused-ring (bicyclic) bond motifs is 3. The minimum absolute atomic E-state index is 0. The normalized spacial score (nSPS) is 13.0. The lowest BCUT2D eigenvalue weighted by Gasteiger charge is -2.07. The van der Waals surface area contributed by atoms with Crippen LogP contribution in [0, 0.1) is 0 Å². The van der Waals surface area contributed by atoms with Gasteiger partial charge in [-0.05, 0) is 31.0 Å². The number of aryl methyl sites for hydroxylation is 2. The molecule has 7 nitrogen and oxygen atoms in total. The van der Waals surface area contributed by atoms with Gasteiger partial charge in [0.05, 0.1) is 24.1 Å². The molecule has 1 aromatic heterocycles. The number of halogens is 2. The summed E-state index contributed by atoms with van der Waals surface area (Å²) in [6.07, 6.45) is 4.60. The molecule has 3 rings (SSSR count). The van der Waals surface area contributed by atoms with E-state index in [-0.39, 0.29) is 49.7 Å². The summed E-state index contributed by atoms with van der Waals surface area (Å²) in [5.41, 5.74) is 7.86. The highest BCUT2D eigenvalue weighted by atomic mass is 35.5. The van der Waals surface area contributed by atoms with Crippen LogP contribution in [-0.2, 0) is 22.6 Å². The first-order valence-corrected chi connectivity index (χ1v) is 7.93. The second-order valence-electron chi connectivity index (χ2n) is 5.72. The van der Waals surface area contributed by atoms with Crippen LogP contribution in [0.2, 0.25) is 0 Å². The van der Waals surface area contributed by atoms with Crippen molar-refractivity contribution in [3.8, 4) is 0 Å². The van der Waals surface area contributed by atoms with Crippen molar-refractivity contribution in [1.29, 1.82) is 0 Å². The number of carbonyl (C=O) groups is 2. The van der Waals surface area contributed by atoms with Crippen molar-refractivity contribution in [1.82, 2.24) is 14.9 Å². The standard InChI is InChI=1S/C16H21N5O2.2ClH/c17-9-15(22)18-10-16(23)19-11-5-6-13-12(8-11)20-14-4-2-1-3-7-21(13)14;;/h5-6,8H,1-4,7,9-10,17H2,(H,18,22)(H,19,23);2*1H. The largest absolute Gasteiger partial charge is 0.346 e. The second kappa shape index (κ2) is 9.60. The number of rotatable bonds is 4. The van der Waals surface area contributed by atoms with Crippen LogP contribution in [0.4, 0.5) is 5.69 Å². The van der Waals surface area contributed by atoms with Crippen LogP contribution in [0.15, 0.2) is 18.2 Å². The van der Waals surface area contributed by atoms with E-state index in [1.165, 1.54) is 19.3 Å². The maximum atomic E-state index is 11.8. The Balaban J connectivity index is 0.00000156. The van der Waals surface area contributed by atoms with Crippen molar-refractivity contribution in [3.05, 3.63) is 24.0 Å². The molecule has 0 fully saturated rings. The number of nitrogens with two attached hydrogens (primary N) is 1. The number of nitrogens with one attached hydrogen (secondary N) is 2. The third kappa shape index (κ3) is 5.07. The van der Waals surface area contributed by atoms with Gasteiger partial charge in [0.1, 0.15) is 5.82 Å². The summed E-state index contributed by atoms with van der Waals surface area (Å²) in [5, 5.41) is 5.20. The number of nitrogens with zero attached hydrogens (tertiary/aromatic N) is 2. The summed E-state index contributed by atoms with van der Waals surface area (Å²) in [5.74, 6) is 0.483. The van der Waals surface area contributed by atoms with Crippen LogP contribution in [0.5, 0.6) is 0 Å². The Labute approximate surface area is 158 Å². The SMILES string of the molecule is Cl.Cl.NCC(=O)NCC(=O)Nc1ccc2c(c1)nc1n2CCCCC1. The lowest BCUT2D eigenvalue weighted by atomic mass is 10.2. The van der Waals surface area contributed by atoms with Crippen LogP contribution >= 0.6 is 24.8 Å². The number of carbonyl (C=O) groups excluding carboxylic acids is 2. The molecule has 2 amide bonds. The molecule has 1 aliphatic rings. The second-order valence-corrected chi connectivity index (χ2v) is 5.72. The highest BCUT2D eigenvalue weighted by Crippen LogP contribution is 2.24. The molecule has 0 saturated carbocycles. The van der Waals surface area contributed by atoms with Gasteiger partial charge in [0.25, 0.3) is 0 Å². The van der Waals surface area contributed by atoms with Gasteiger partial charge in [-0.1, -0.05) is 6.42 Å². The molecule has 0 saturated heterocycles. The molecule has 1 aliphatic heterocycles. The third-order valence-electron chi connectivity index (χ3n) is 4.02. The highest BCUT2D eigenvalue weighted by molar-refractivity contribution is 5.96. The first kappa shape index (κ1) is 21.2. The van der Waals surface area contributed by atoms with Crippen LogP contribution < -0.4 is 16.4 Å². The van der Waals surface area contributed by atoms with Gasteiger partial charge in [-0.25, -0.2) is 4.98 Å². The molecule has 2 heterocycles. The van der Waals surface area contributed by atoms with Crippen molar-refractivity contribution in [2.75, 3.05) is 18.4 Å². The van der Waals surface area contributed by atoms with Crippen molar-refractivity contribution < 1.29 is 9.59 Å². The molecule has 138 valence electrons.